The molecule has 0 saturated heterocycles. The number of nitrogens with zero attached hydrogens (tertiary/aromatic N) is 2. The summed E-state index contributed by atoms with van der Waals surface area (Å²) < 4.78 is 33.1. The second-order valence-electron chi connectivity index (χ2n) is 8.31. The summed E-state index contributed by atoms with van der Waals surface area (Å²) in [5.41, 5.74) is 1.99. The van der Waals surface area contributed by atoms with Crippen LogP contribution in [0.1, 0.15) is 37.0 Å². The van der Waals surface area contributed by atoms with Crippen molar-refractivity contribution in [3.05, 3.63) is 89.8 Å². The SMILES string of the molecule is CCCCN(CC)S(=O)(=O)c1ccc(C(=O)Nc2nc(-c3ccc(Oc4ccccc4)cc3)cs2)cc1. The lowest BCUT2D eigenvalue weighted by Crippen LogP contribution is -2.31. The van der Waals surface area contributed by atoms with E-state index in [9.17, 15) is 13.2 Å². The Bertz CT molecular complexity index is 1420. The van der Waals surface area contributed by atoms with E-state index in [1.165, 1.54) is 39.9 Å². The van der Waals surface area contributed by atoms with Gasteiger partial charge in [0.05, 0.1) is 10.6 Å². The van der Waals surface area contributed by atoms with Crippen LogP contribution in [0.5, 0.6) is 11.5 Å². The van der Waals surface area contributed by atoms with Crippen molar-refractivity contribution in [1.82, 2.24) is 9.29 Å². The molecule has 7 nitrogen and oxygen atoms in total. The van der Waals surface area contributed by atoms with E-state index >= 15 is 0 Å². The van der Waals surface area contributed by atoms with E-state index in [0.717, 1.165) is 35.6 Å². The lowest BCUT2D eigenvalue weighted by Gasteiger charge is -2.20. The lowest BCUT2D eigenvalue weighted by molar-refractivity contribution is 0.102. The Labute approximate surface area is 221 Å². The van der Waals surface area contributed by atoms with E-state index in [4.69, 9.17) is 4.74 Å². The minimum atomic E-state index is -3.59. The molecule has 0 aliphatic heterocycles. The second kappa shape index (κ2) is 12.1. The number of hydrogen-bond acceptors (Lipinski definition) is 6. The molecule has 3 aromatic carbocycles. The third kappa shape index (κ3) is 6.62. The number of aromatic nitrogens is 1. The van der Waals surface area contributed by atoms with Gasteiger partial charge in [-0.05, 0) is 67.1 Å². The zero-order valence-electron chi connectivity index (χ0n) is 20.8. The summed E-state index contributed by atoms with van der Waals surface area (Å²) in [6.45, 7) is 4.73. The Morgan fingerprint density at radius 2 is 1.62 bits per heavy atom. The number of unbranched alkanes of at least 4 members (excludes halogenated alkanes) is 1. The molecule has 192 valence electrons. The average Bonchev–Trinajstić information content (AvgIpc) is 3.38. The molecule has 9 heteroatoms. The number of nitrogens with one attached hydrogen (secondary N) is 1. The molecule has 0 spiro atoms. The smallest absolute Gasteiger partial charge is 0.257 e. The monoisotopic (exact) mass is 535 g/mol. The first-order valence-corrected chi connectivity index (χ1v) is 14.4. The largest absolute Gasteiger partial charge is 0.457 e. The summed E-state index contributed by atoms with van der Waals surface area (Å²) in [4.78, 5) is 17.5. The van der Waals surface area contributed by atoms with Gasteiger partial charge in [0.1, 0.15) is 11.5 Å². The number of benzene rings is 3. The van der Waals surface area contributed by atoms with Crippen molar-refractivity contribution in [3.63, 3.8) is 0 Å². The zero-order chi connectivity index (χ0) is 26.3. The highest BCUT2D eigenvalue weighted by Crippen LogP contribution is 2.28. The van der Waals surface area contributed by atoms with Crippen LogP contribution in [0.25, 0.3) is 11.3 Å². The number of rotatable bonds is 11. The fourth-order valence-electron chi connectivity index (χ4n) is 3.66. The van der Waals surface area contributed by atoms with Gasteiger partial charge in [0.15, 0.2) is 5.13 Å². The summed E-state index contributed by atoms with van der Waals surface area (Å²) in [7, 11) is -3.59. The van der Waals surface area contributed by atoms with Crippen LogP contribution in [0.2, 0.25) is 0 Å². The second-order valence-corrected chi connectivity index (χ2v) is 11.1. The summed E-state index contributed by atoms with van der Waals surface area (Å²) in [5, 5.41) is 5.12. The van der Waals surface area contributed by atoms with Crippen molar-refractivity contribution in [2.75, 3.05) is 18.4 Å². The third-order valence-electron chi connectivity index (χ3n) is 5.72. The molecule has 0 unspecified atom stereocenters. The number of para-hydroxylation sites is 1. The van der Waals surface area contributed by atoms with Crippen molar-refractivity contribution in [2.45, 2.75) is 31.6 Å². The minimum Gasteiger partial charge on any atom is -0.457 e. The van der Waals surface area contributed by atoms with Gasteiger partial charge in [-0.2, -0.15) is 4.31 Å². The van der Waals surface area contributed by atoms with Crippen LogP contribution in [0.15, 0.2) is 89.1 Å². The first-order valence-electron chi connectivity index (χ1n) is 12.1. The van der Waals surface area contributed by atoms with E-state index in [1.807, 2.05) is 73.8 Å². The van der Waals surface area contributed by atoms with E-state index in [1.54, 1.807) is 0 Å². The molecule has 1 amide bonds. The minimum absolute atomic E-state index is 0.179. The van der Waals surface area contributed by atoms with Crippen LogP contribution in [0.3, 0.4) is 0 Å². The molecule has 0 aliphatic rings. The third-order valence-corrected chi connectivity index (χ3v) is 8.47. The van der Waals surface area contributed by atoms with Crippen LogP contribution in [-0.2, 0) is 10.0 Å². The van der Waals surface area contributed by atoms with Gasteiger partial charge in [-0.15, -0.1) is 11.3 Å². The van der Waals surface area contributed by atoms with E-state index in [-0.39, 0.29) is 10.8 Å². The topological polar surface area (TPSA) is 88.6 Å². The Balaban J connectivity index is 1.39. The van der Waals surface area contributed by atoms with Gasteiger partial charge in [0.2, 0.25) is 10.0 Å². The van der Waals surface area contributed by atoms with E-state index in [2.05, 4.69) is 10.3 Å². The Morgan fingerprint density at radius 3 is 2.27 bits per heavy atom. The summed E-state index contributed by atoms with van der Waals surface area (Å²) in [5.74, 6) is 1.13. The van der Waals surface area contributed by atoms with Crippen molar-refractivity contribution in [1.29, 1.82) is 0 Å². The zero-order valence-corrected chi connectivity index (χ0v) is 22.4. The van der Waals surface area contributed by atoms with Gasteiger partial charge >= 0.3 is 0 Å². The van der Waals surface area contributed by atoms with Crippen LogP contribution in [0.4, 0.5) is 5.13 Å². The predicted octanol–water partition coefficient (Wildman–Crippen LogP) is 6.67. The molecule has 0 aliphatic carbocycles. The Kier molecular flexibility index (Phi) is 8.70. The molecular formula is C28H29N3O4S2. The van der Waals surface area contributed by atoms with Crippen molar-refractivity contribution < 1.29 is 17.9 Å². The van der Waals surface area contributed by atoms with Gasteiger partial charge in [-0.3, -0.25) is 10.1 Å². The van der Waals surface area contributed by atoms with Crippen LogP contribution in [-0.4, -0.2) is 36.7 Å². The number of amides is 1. The highest BCUT2D eigenvalue weighted by Gasteiger charge is 2.23. The Hall–Kier alpha value is -3.53. The van der Waals surface area contributed by atoms with Crippen molar-refractivity contribution in [2.24, 2.45) is 0 Å². The highest BCUT2D eigenvalue weighted by molar-refractivity contribution is 7.89. The molecule has 0 saturated carbocycles. The molecule has 0 fully saturated rings. The fraction of sp³-hybridized carbons (Fsp3) is 0.214. The first kappa shape index (κ1) is 26.5. The number of sulfonamides is 1. The van der Waals surface area contributed by atoms with Gasteiger partial charge in [-0.1, -0.05) is 38.5 Å². The lowest BCUT2D eigenvalue weighted by atomic mass is 10.2. The average molecular weight is 536 g/mol. The van der Waals surface area contributed by atoms with Gasteiger partial charge in [0, 0.05) is 29.6 Å². The fourth-order valence-corrected chi connectivity index (χ4v) is 5.86. The highest BCUT2D eigenvalue weighted by atomic mass is 32.2. The molecule has 0 atom stereocenters. The van der Waals surface area contributed by atoms with E-state index in [0.29, 0.717) is 23.8 Å². The number of carbonyl (C=O) groups excluding carboxylic acids is 1. The molecule has 0 bridgehead atoms. The standard InChI is InChI=1S/C28H29N3O4S2/c1-3-5-19-31(4-2)37(33,34)25-17-13-22(14-18-25)27(32)30-28-29-26(20-36-28)21-11-15-24(16-12-21)35-23-9-7-6-8-10-23/h6-18,20H,3-5,19H2,1-2H3,(H,29,30,32). The maximum absolute atomic E-state index is 12.9. The molecule has 37 heavy (non-hydrogen) atoms. The summed E-state index contributed by atoms with van der Waals surface area (Å²) in [6.07, 6.45) is 1.71. The van der Waals surface area contributed by atoms with Gasteiger partial charge < -0.3 is 4.74 Å². The predicted molar refractivity (Wildman–Crippen MR) is 148 cm³/mol. The van der Waals surface area contributed by atoms with Crippen molar-refractivity contribution >= 4 is 32.4 Å². The molecule has 0 radical (unpaired) electrons. The van der Waals surface area contributed by atoms with Crippen LogP contribution in [0, 0.1) is 0 Å². The number of anilines is 1. The normalized spacial score (nSPS) is 11.4. The first-order chi connectivity index (χ1) is 17.9. The molecule has 4 aromatic rings. The Morgan fingerprint density at radius 1 is 0.946 bits per heavy atom. The summed E-state index contributed by atoms with van der Waals surface area (Å²) in [6, 6.07) is 23.1. The van der Waals surface area contributed by atoms with E-state index < -0.39 is 10.0 Å². The number of thiazole rings is 1. The molecule has 1 aromatic heterocycles. The van der Waals surface area contributed by atoms with Gasteiger partial charge in [0.25, 0.3) is 5.91 Å². The van der Waals surface area contributed by atoms with Crippen LogP contribution >= 0.6 is 11.3 Å². The summed E-state index contributed by atoms with van der Waals surface area (Å²) >= 11 is 1.32. The molecule has 1 heterocycles. The maximum atomic E-state index is 12.9. The molecule has 1 N–H and O–H groups in total. The van der Waals surface area contributed by atoms with Crippen LogP contribution < -0.4 is 10.1 Å². The number of carbonyl (C=O) groups is 1. The molecule has 4 rings (SSSR count). The van der Waals surface area contributed by atoms with Gasteiger partial charge in [-0.25, -0.2) is 13.4 Å². The number of hydrogen-bond donors (Lipinski definition) is 1. The molecular weight excluding hydrogens is 506 g/mol. The quantitative estimate of drug-likeness (QED) is 0.232. The maximum Gasteiger partial charge on any atom is 0.257 e. The number of ether oxygens (including phenoxy) is 1. The van der Waals surface area contributed by atoms with Crippen molar-refractivity contribution in [3.8, 4) is 22.8 Å².